The molecular formula is C8H20N2Si2. The van der Waals surface area contributed by atoms with E-state index in [2.05, 4.69) is 49.6 Å². The molecule has 0 saturated carbocycles. The van der Waals surface area contributed by atoms with Gasteiger partial charge in [0.1, 0.15) is 16.5 Å². The van der Waals surface area contributed by atoms with Gasteiger partial charge in [-0.15, -0.1) is 0 Å². The predicted octanol–water partition coefficient (Wildman–Crippen LogP) is 2.48. The van der Waals surface area contributed by atoms with Crippen molar-refractivity contribution < 1.29 is 0 Å². The summed E-state index contributed by atoms with van der Waals surface area (Å²) in [7, 11) is -2.54. The van der Waals surface area contributed by atoms with E-state index in [-0.39, 0.29) is 0 Å². The first-order valence-electron chi connectivity index (χ1n) is 4.34. The van der Waals surface area contributed by atoms with Crippen molar-refractivity contribution in [3.63, 3.8) is 0 Å². The molecular weight excluding hydrogens is 180 g/mol. The van der Waals surface area contributed by atoms with Crippen molar-refractivity contribution >= 4 is 16.5 Å². The van der Waals surface area contributed by atoms with Crippen LogP contribution in [0.1, 0.15) is 0 Å². The summed E-state index contributed by atoms with van der Waals surface area (Å²) < 4.78 is 2.47. The summed E-state index contributed by atoms with van der Waals surface area (Å²) in [6.07, 6.45) is 0. The van der Waals surface area contributed by atoms with Gasteiger partial charge in [0.2, 0.25) is 0 Å². The zero-order chi connectivity index (χ0) is 9.99. The quantitative estimate of drug-likeness (QED) is 0.517. The first-order valence-corrected chi connectivity index (χ1v) is 11.2. The van der Waals surface area contributed by atoms with Crippen LogP contribution in [-0.2, 0) is 0 Å². The Morgan fingerprint density at radius 1 is 1.00 bits per heavy atom. The van der Waals surface area contributed by atoms with Crippen LogP contribution in [0.25, 0.3) is 0 Å². The first-order chi connectivity index (χ1) is 5.19. The zero-order valence-electron chi connectivity index (χ0n) is 9.10. The van der Waals surface area contributed by atoms with Crippen molar-refractivity contribution in [3.8, 4) is 6.07 Å². The van der Waals surface area contributed by atoms with Crippen LogP contribution in [-0.4, -0.2) is 27.2 Å². The van der Waals surface area contributed by atoms with E-state index in [1.165, 1.54) is 0 Å². The average molecular weight is 200 g/mol. The van der Waals surface area contributed by atoms with Gasteiger partial charge in [0, 0.05) is 0 Å². The molecule has 0 bridgehead atoms. The SMILES string of the molecule is C[Si](C)(C)N(CC#N)[Si](C)(C)C. The Labute approximate surface area is 78.4 Å². The molecule has 0 aromatic heterocycles. The predicted molar refractivity (Wildman–Crippen MR) is 59.0 cm³/mol. The molecule has 0 aromatic carbocycles. The highest BCUT2D eigenvalue weighted by molar-refractivity contribution is 6.89. The molecule has 0 heterocycles. The monoisotopic (exact) mass is 200 g/mol. The van der Waals surface area contributed by atoms with E-state index >= 15 is 0 Å². The van der Waals surface area contributed by atoms with Gasteiger partial charge >= 0.3 is 0 Å². The Hall–Kier alpha value is -0.116. The average Bonchev–Trinajstić information content (AvgIpc) is 1.77. The molecule has 0 unspecified atom stereocenters. The molecule has 0 spiro atoms. The van der Waals surface area contributed by atoms with Gasteiger partial charge in [-0.25, -0.2) is 0 Å². The molecule has 0 N–H and O–H groups in total. The minimum absolute atomic E-state index is 0.617. The van der Waals surface area contributed by atoms with E-state index in [1.54, 1.807) is 0 Å². The van der Waals surface area contributed by atoms with Crippen molar-refractivity contribution in [2.45, 2.75) is 39.3 Å². The highest BCUT2D eigenvalue weighted by atomic mass is 28.4. The van der Waals surface area contributed by atoms with E-state index in [0.717, 1.165) is 0 Å². The third kappa shape index (κ3) is 3.52. The van der Waals surface area contributed by atoms with Gasteiger partial charge in [0.25, 0.3) is 0 Å². The van der Waals surface area contributed by atoms with Gasteiger partial charge in [0.05, 0.1) is 12.6 Å². The van der Waals surface area contributed by atoms with E-state index in [4.69, 9.17) is 5.26 Å². The number of hydrogen-bond donors (Lipinski definition) is 0. The van der Waals surface area contributed by atoms with Crippen LogP contribution in [0.5, 0.6) is 0 Å². The maximum atomic E-state index is 8.72. The Bertz CT molecular complexity index is 169. The molecule has 70 valence electrons. The second kappa shape index (κ2) is 3.73. The normalized spacial score (nSPS) is 13.2. The van der Waals surface area contributed by atoms with Crippen LogP contribution in [0.3, 0.4) is 0 Å². The largest absolute Gasteiger partial charge is 0.334 e. The summed E-state index contributed by atoms with van der Waals surface area (Å²) in [5.41, 5.74) is 0. The number of hydrogen-bond acceptors (Lipinski definition) is 2. The topological polar surface area (TPSA) is 27.0 Å². The van der Waals surface area contributed by atoms with Crippen molar-refractivity contribution in [3.05, 3.63) is 0 Å². The second-order valence-corrected chi connectivity index (χ2v) is 15.3. The summed E-state index contributed by atoms with van der Waals surface area (Å²) in [5, 5.41) is 8.72. The Morgan fingerprint density at radius 2 is 1.33 bits per heavy atom. The molecule has 0 radical (unpaired) electrons. The Morgan fingerprint density at radius 3 is 1.42 bits per heavy atom. The smallest absolute Gasteiger partial charge is 0.113 e. The number of nitriles is 1. The highest BCUT2D eigenvalue weighted by Crippen LogP contribution is 2.18. The van der Waals surface area contributed by atoms with E-state index in [1.807, 2.05) is 0 Å². The number of rotatable bonds is 3. The maximum absolute atomic E-state index is 8.72. The summed E-state index contributed by atoms with van der Waals surface area (Å²) in [5.74, 6) is 0. The molecule has 0 fully saturated rings. The molecule has 0 amide bonds. The van der Waals surface area contributed by atoms with Crippen molar-refractivity contribution in [1.82, 2.24) is 4.23 Å². The maximum Gasteiger partial charge on any atom is 0.113 e. The summed E-state index contributed by atoms with van der Waals surface area (Å²) >= 11 is 0. The summed E-state index contributed by atoms with van der Waals surface area (Å²) in [6, 6.07) is 2.28. The van der Waals surface area contributed by atoms with E-state index in [0.29, 0.717) is 6.54 Å². The van der Waals surface area contributed by atoms with Crippen molar-refractivity contribution in [1.29, 1.82) is 5.26 Å². The molecule has 0 atom stereocenters. The van der Waals surface area contributed by atoms with Crippen LogP contribution in [0.4, 0.5) is 0 Å². The molecule has 0 aromatic rings. The van der Waals surface area contributed by atoms with Gasteiger partial charge in [-0.1, -0.05) is 39.3 Å². The molecule has 0 aliphatic rings. The molecule has 12 heavy (non-hydrogen) atoms. The highest BCUT2D eigenvalue weighted by Gasteiger charge is 2.33. The third-order valence-electron chi connectivity index (χ3n) is 1.85. The fourth-order valence-electron chi connectivity index (χ4n) is 1.55. The van der Waals surface area contributed by atoms with Crippen LogP contribution < -0.4 is 0 Å². The van der Waals surface area contributed by atoms with Crippen molar-refractivity contribution in [2.75, 3.05) is 6.54 Å². The van der Waals surface area contributed by atoms with Crippen LogP contribution in [0.15, 0.2) is 0 Å². The minimum atomic E-state index is -1.27. The zero-order valence-corrected chi connectivity index (χ0v) is 11.1. The third-order valence-corrected chi connectivity index (χ3v) is 9.43. The first kappa shape index (κ1) is 11.9. The van der Waals surface area contributed by atoms with Gasteiger partial charge in [0.15, 0.2) is 0 Å². The van der Waals surface area contributed by atoms with Crippen molar-refractivity contribution in [2.24, 2.45) is 0 Å². The standard InChI is InChI=1S/C8H20N2Si2/c1-11(2,3)10(8-7-9)12(4,5)6/h8H2,1-6H3. The molecule has 2 nitrogen and oxygen atoms in total. The van der Waals surface area contributed by atoms with E-state index in [9.17, 15) is 0 Å². The van der Waals surface area contributed by atoms with Crippen LogP contribution >= 0.6 is 0 Å². The summed E-state index contributed by atoms with van der Waals surface area (Å²) in [4.78, 5) is 0. The lowest BCUT2D eigenvalue weighted by Crippen LogP contribution is -2.59. The van der Waals surface area contributed by atoms with Gasteiger partial charge in [-0.2, -0.15) is 5.26 Å². The summed E-state index contributed by atoms with van der Waals surface area (Å²) in [6.45, 7) is 14.5. The molecule has 4 heteroatoms. The molecule has 0 saturated heterocycles. The minimum Gasteiger partial charge on any atom is -0.334 e. The molecule has 0 aliphatic carbocycles. The van der Waals surface area contributed by atoms with E-state index < -0.39 is 16.5 Å². The Kier molecular flexibility index (Phi) is 3.69. The Balaban J connectivity index is 4.59. The number of nitrogens with zero attached hydrogens (tertiary/aromatic N) is 2. The van der Waals surface area contributed by atoms with Crippen LogP contribution in [0.2, 0.25) is 39.3 Å². The fraction of sp³-hybridized carbons (Fsp3) is 0.875. The lowest BCUT2D eigenvalue weighted by molar-refractivity contribution is 0.694. The fourth-order valence-corrected chi connectivity index (χ4v) is 10.7. The molecule has 0 aliphatic heterocycles. The lowest BCUT2D eigenvalue weighted by Gasteiger charge is -2.41. The second-order valence-electron chi connectivity index (χ2n) is 5.09. The van der Waals surface area contributed by atoms with Crippen LogP contribution in [0, 0.1) is 11.3 Å². The van der Waals surface area contributed by atoms with Gasteiger partial charge < -0.3 is 4.23 Å². The molecule has 0 rings (SSSR count). The lowest BCUT2D eigenvalue weighted by atomic mass is 10.8. The van der Waals surface area contributed by atoms with Gasteiger partial charge in [-0.05, 0) is 0 Å². The van der Waals surface area contributed by atoms with Gasteiger partial charge in [-0.3, -0.25) is 0 Å².